The number of likely N-dealkylation sites (N-methyl/N-ethyl adjacent to an activating group) is 1. The molecule has 3 rings (SSSR count). The van der Waals surface area contributed by atoms with Crippen molar-refractivity contribution in [2.45, 2.75) is 5.92 Å². The Hall–Kier alpha value is -1.68. The van der Waals surface area contributed by atoms with E-state index in [0.717, 1.165) is 34.7 Å². The third kappa shape index (κ3) is 2.48. The molecule has 1 atom stereocenters. The largest absolute Gasteiger partial charge is 0.493 e. The van der Waals surface area contributed by atoms with Crippen LogP contribution in [0.1, 0.15) is 11.5 Å². The second-order valence-corrected chi connectivity index (χ2v) is 6.05. The average Bonchev–Trinajstić information content (AvgIpc) is 2.82. The molecule has 0 radical (unpaired) electrons. The maximum absolute atomic E-state index is 6.09. The highest BCUT2D eigenvalue weighted by molar-refractivity contribution is 9.10. The molecule has 0 aliphatic carbocycles. The van der Waals surface area contributed by atoms with Gasteiger partial charge in [-0.25, -0.2) is 0 Å². The summed E-state index contributed by atoms with van der Waals surface area (Å²) in [7, 11) is 2.07. The van der Waals surface area contributed by atoms with E-state index in [4.69, 9.17) is 10.5 Å². The SMILES string of the molecule is CN(CC1COc2ccccc21)c1ccc(Br)cc1N. The Balaban J connectivity index is 1.79. The first-order chi connectivity index (χ1) is 9.65. The monoisotopic (exact) mass is 332 g/mol. The molecule has 0 saturated heterocycles. The van der Waals surface area contributed by atoms with E-state index in [0.29, 0.717) is 5.92 Å². The fraction of sp³-hybridized carbons (Fsp3) is 0.250. The van der Waals surface area contributed by atoms with Crippen LogP contribution >= 0.6 is 15.9 Å². The molecule has 2 aromatic carbocycles. The Bertz CT molecular complexity index is 630. The number of benzene rings is 2. The van der Waals surface area contributed by atoms with Gasteiger partial charge in [0.1, 0.15) is 5.75 Å². The highest BCUT2D eigenvalue weighted by atomic mass is 79.9. The van der Waals surface area contributed by atoms with Gasteiger partial charge in [-0.15, -0.1) is 0 Å². The van der Waals surface area contributed by atoms with Gasteiger partial charge in [0, 0.05) is 29.5 Å². The summed E-state index contributed by atoms with van der Waals surface area (Å²) >= 11 is 3.44. The summed E-state index contributed by atoms with van der Waals surface area (Å²) in [5.41, 5.74) is 9.21. The molecule has 1 heterocycles. The van der Waals surface area contributed by atoms with E-state index in [1.807, 2.05) is 30.3 Å². The van der Waals surface area contributed by atoms with Crippen LogP contribution in [0.4, 0.5) is 11.4 Å². The van der Waals surface area contributed by atoms with Gasteiger partial charge in [0.25, 0.3) is 0 Å². The Labute approximate surface area is 127 Å². The van der Waals surface area contributed by atoms with Crippen LogP contribution in [-0.2, 0) is 0 Å². The highest BCUT2D eigenvalue weighted by Gasteiger charge is 2.25. The molecule has 3 nitrogen and oxygen atoms in total. The summed E-state index contributed by atoms with van der Waals surface area (Å²) < 4.78 is 6.73. The molecule has 0 aromatic heterocycles. The second kappa shape index (κ2) is 5.37. The molecule has 104 valence electrons. The predicted molar refractivity (Wildman–Crippen MR) is 86.5 cm³/mol. The zero-order valence-corrected chi connectivity index (χ0v) is 12.9. The lowest BCUT2D eigenvalue weighted by molar-refractivity contribution is 0.332. The van der Waals surface area contributed by atoms with E-state index in [9.17, 15) is 0 Å². The summed E-state index contributed by atoms with van der Waals surface area (Å²) in [6, 6.07) is 14.2. The van der Waals surface area contributed by atoms with Crippen LogP contribution in [-0.4, -0.2) is 20.2 Å². The summed E-state index contributed by atoms with van der Waals surface area (Å²) in [6.07, 6.45) is 0. The molecule has 4 heteroatoms. The van der Waals surface area contributed by atoms with Gasteiger partial charge in [-0.3, -0.25) is 0 Å². The molecule has 20 heavy (non-hydrogen) atoms. The Morgan fingerprint density at radius 3 is 2.90 bits per heavy atom. The van der Waals surface area contributed by atoms with Gasteiger partial charge >= 0.3 is 0 Å². The number of nitrogens with zero attached hydrogens (tertiary/aromatic N) is 1. The smallest absolute Gasteiger partial charge is 0.122 e. The topological polar surface area (TPSA) is 38.5 Å². The molecule has 1 aliphatic rings. The fourth-order valence-electron chi connectivity index (χ4n) is 2.68. The molecule has 0 saturated carbocycles. The molecular weight excluding hydrogens is 316 g/mol. The number of halogens is 1. The predicted octanol–water partition coefficient (Wildman–Crippen LogP) is 3.64. The summed E-state index contributed by atoms with van der Waals surface area (Å²) in [6.45, 7) is 1.63. The number of anilines is 2. The molecule has 2 aromatic rings. The Kier molecular flexibility index (Phi) is 3.57. The van der Waals surface area contributed by atoms with Crippen LogP contribution in [0.15, 0.2) is 46.9 Å². The standard InChI is InChI=1S/C16H17BrN2O/c1-19(15-7-6-12(17)8-14(15)18)9-11-10-20-16-5-3-2-4-13(11)16/h2-8,11H,9-10,18H2,1H3. The number of rotatable bonds is 3. The summed E-state index contributed by atoms with van der Waals surface area (Å²) in [5, 5.41) is 0. The molecule has 2 N–H and O–H groups in total. The highest BCUT2D eigenvalue weighted by Crippen LogP contribution is 2.35. The first-order valence-electron chi connectivity index (χ1n) is 6.63. The summed E-state index contributed by atoms with van der Waals surface area (Å²) in [5.74, 6) is 1.40. The second-order valence-electron chi connectivity index (χ2n) is 5.13. The number of para-hydroxylation sites is 1. The number of ether oxygens (including phenoxy) is 1. The van der Waals surface area contributed by atoms with Crippen LogP contribution in [0.5, 0.6) is 5.75 Å². The molecule has 0 amide bonds. The van der Waals surface area contributed by atoms with E-state index in [1.165, 1.54) is 5.56 Å². The van der Waals surface area contributed by atoms with Crippen molar-refractivity contribution in [1.82, 2.24) is 0 Å². The summed E-state index contributed by atoms with van der Waals surface area (Å²) in [4.78, 5) is 2.19. The van der Waals surface area contributed by atoms with E-state index >= 15 is 0 Å². The van der Waals surface area contributed by atoms with Crippen LogP contribution in [0.2, 0.25) is 0 Å². The zero-order chi connectivity index (χ0) is 14.1. The first kappa shape index (κ1) is 13.3. The van der Waals surface area contributed by atoms with Crippen molar-refractivity contribution in [2.75, 3.05) is 30.8 Å². The third-order valence-electron chi connectivity index (χ3n) is 3.69. The number of fused-ring (bicyclic) bond motifs is 1. The van der Waals surface area contributed by atoms with E-state index in [-0.39, 0.29) is 0 Å². The van der Waals surface area contributed by atoms with Crippen LogP contribution in [0.3, 0.4) is 0 Å². The van der Waals surface area contributed by atoms with Crippen molar-refractivity contribution in [3.63, 3.8) is 0 Å². The van der Waals surface area contributed by atoms with Crippen LogP contribution in [0.25, 0.3) is 0 Å². The third-order valence-corrected chi connectivity index (χ3v) is 4.19. The van der Waals surface area contributed by atoms with Crippen molar-refractivity contribution in [3.8, 4) is 5.75 Å². The first-order valence-corrected chi connectivity index (χ1v) is 7.42. The molecule has 1 unspecified atom stereocenters. The van der Waals surface area contributed by atoms with Gasteiger partial charge in [0.15, 0.2) is 0 Å². The molecular formula is C16H17BrN2O. The minimum atomic E-state index is 0.388. The van der Waals surface area contributed by atoms with Gasteiger partial charge in [0.2, 0.25) is 0 Å². The van der Waals surface area contributed by atoms with Crippen molar-refractivity contribution in [3.05, 3.63) is 52.5 Å². The average molecular weight is 333 g/mol. The number of nitrogens with two attached hydrogens (primary N) is 1. The van der Waals surface area contributed by atoms with Crippen LogP contribution < -0.4 is 15.4 Å². The minimum Gasteiger partial charge on any atom is -0.493 e. The minimum absolute atomic E-state index is 0.388. The van der Waals surface area contributed by atoms with E-state index < -0.39 is 0 Å². The quantitative estimate of drug-likeness (QED) is 0.872. The molecule has 0 spiro atoms. The number of hydrogen-bond donors (Lipinski definition) is 1. The fourth-order valence-corrected chi connectivity index (χ4v) is 3.06. The lowest BCUT2D eigenvalue weighted by Crippen LogP contribution is -2.25. The van der Waals surface area contributed by atoms with E-state index in [2.05, 4.69) is 40.0 Å². The lowest BCUT2D eigenvalue weighted by Gasteiger charge is -2.24. The molecule has 1 aliphatic heterocycles. The molecule has 0 fully saturated rings. The molecule has 0 bridgehead atoms. The van der Waals surface area contributed by atoms with Gasteiger partial charge in [-0.1, -0.05) is 34.1 Å². The number of hydrogen-bond acceptors (Lipinski definition) is 3. The van der Waals surface area contributed by atoms with Crippen molar-refractivity contribution >= 4 is 27.3 Å². The normalized spacial score (nSPS) is 16.6. The maximum Gasteiger partial charge on any atom is 0.122 e. The zero-order valence-electron chi connectivity index (χ0n) is 11.3. The van der Waals surface area contributed by atoms with Gasteiger partial charge in [0.05, 0.1) is 18.0 Å². The van der Waals surface area contributed by atoms with Gasteiger partial charge in [-0.05, 0) is 24.3 Å². The van der Waals surface area contributed by atoms with E-state index in [1.54, 1.807) is 0 Å². The lowest BCUT2D eigenvalue weighted by atomic mass is 10.0. The van der Waals surface area contributed by atoms with Crippen molar-refractivity contribution in [1.29, 1.82) is 0 Å². The van der Waals surface area contributed by atoms with Crippen molar-refractivity contribution < 1.29 is 4.74 Å². The Morgan fingerprint density at radius 2 is 2.10 bits per heavy atom. The van der Waals surface area contributed by atoms with Gasteiger partial charge < -0.3 is 15.4 Å². The number of nitrogen functional groups attached to an aromatic ring is 1. The van der Waals surface area contributed by atoms with Gasteiger partial charge in [-0.2, -0.15) is 0 Å². The van der Waals surface area contributed by atoms with Crippen molar-refractivity contribution in [2.24, 2.45) is 0 Å². The Morgan fingerprint density at radius 1 is 1.30 bits per heavy atom. The van der Waals surface area contributed by atoms with Crippen LogP contribution in [0, 0.1) is 0 Å². The maximum atomic E-state index is 6.09.